The summed E-state index contributed by atoms with van der Waals surface area (Å²) in [6, 6.07) is 14.0. The van der Waals surface area contributed by atoms with Gasteiger partial charge in [-0.2, -0.15) is 0 Å². The monoisotopic (exact) mass is 342 g/mol. The van der Waals surface area contributed by atoms with Crippen molar-refractivity contribution < 1.29 is 24.2 Å². The van der Waals surface area contributed by atoms with Crippen molar-refractivity contribution in [1.82, 2.24) is 5.32 Å². The van der Waals surface area contributed by atoms with Crippen molar-refractivity contribution in [3.8, 4) is 11.5 Å². The van der Waals surface area contributed by atoms with Gasteiger partial charge in [0.05, 0.1) is 6.10 Å². The van der Waals surface area contributed by atoms with Crippen LogP contribution in [0.5, 0.6) is 11.5 Å². The van der Waals surface area contributed by atoms with Gasteiger partial charge in [0.15, 0.2) is 11.5 Å². The standard InChI is InChI=1S/C18H18N2O5/c21-14(12-4-2-1-3-5-12)8-9-19-17(22)18(23)20-13-6-7-15-16(10-13)25-11-24-15/h1-7,10,14,21H,8-9,11H2,(H,19,22)(H,20,23). The van der Waals surface area contributed by atoms with Gasteiger partial charge in [0.1, 0.15) is 0 Å². The van der Waals surface area contributed by atoms with Crippen LogP contribution in [0.2, 0.25) is 0 Å². The van der Waals surface area contributed by atoms with Crippen LogP contribution in [-0.2, 0) is 9.59 Å². The molecule has 0 aliphatic carbocycles. The van der Waals surface area contributed by atoms with E-state index in [0.29, 0.717) is 23.6 Å². The average Bonchev–Trinajstić information content (AvgIpc) is 3.10. The number of rotatable bonds is 5. The first kappa shape index (κ1) is 16.8. The molecule has 2 aromatic carbocycles. The van der Waals surface area contributed by atoms with E-state index in [-0.39, 0.29) is 13.3 Å². The molecule has 2 aromatic rings. The van der Waals surface area contributed by atoms with Gasteiger partial charge in [-0.25, -0.2) is 0 Å². The van der Waals surface area contributed by atoms with Crippen LogP contribution < -0.4 is 20.1 Å². The van der Waals surface area contributed by atoms with Gasteiger partial charge in [-0.15, -0.1) is 0 Å². The molecule has 1 aliphatic heterocycles. The molecule has 0 radical (unpaired) electrons. The summed E-state index contributed by atoms with van der Waals surface area (Å²) in [5.74, 6) is -0.437. The number of fused-ring (bicyclic) bond motifs is 1. The van der Waals surface area contributed by atoms with Gasteiger partial charge >= 0.3 is 11.8 Å². The molecule has 3 N–H and O–H groups in total. The van der Waals surface area contributed by atoms with E-state index in [0.717, 1.165) is 5.56 Å². The number of benzene rings is 2. The van der Waals surface area contributed by atoms with Crippen LogP contribution in [0.3, 0.4) is 0 Å². The Morgan fingerprint density at radius 2 is 1.80 bits per heavy atom. The van der Waals surface area contributed by atoms with Gasteiger partial charge in [0.2, 0.25) is 6.79 Å². The van der Waals surface area contributed by atoms with Gasteiger partial charge in [-0.05, 0) is 24.1 Å². The molecule has 0 saturated carbocycles. The lowest BCUT2D eigenvalue weighted by molar-refractivity contribution is -0.136. The summed E-state index contributed by atoms with van der Waals surface area (Å²) in [4.78, 5) is 23.7. The number of ether oxygens (including phenoxy) is 2. The Labute approximate surface area is 144 Å². The summed E-state index contributed by atoms with van der Waals surface area (Å²) in [6.07, 6.45) is -0.383. The van der Waals surface area contributed by atoms with Crippen molar-refractivity contribution in [2.75, 3.05) is 18.7 Å². The van der Waals surface area contributed by atoms with Gasteiger partial charge in [-0.1, -0.05) is 30.3 Å². The normalized spacial score (nSPS) is 13.2. The highest BCUT2D eigenvalue weighted by molar-refractivity contribution is 6.39. The zero-order valence-electron chi connectivity index (χ0n) is 13.4. The lowest BCUT2D eigenvalue weighted by Gasteiger charge is -2.11. The number of carbonyl (C=O) groups is 2. The van der Waals surface area contributed by atoms with E-state index in [1.807, 2.05) is 18.2 Å². The number of carbonyl (C=O) groups excluding carboxylic acids is 2. The summed E-state index contributed by atoms with van der Waals surface area (Å²) in [5, 5.41) is 15.0. The van der Waals surface area contributed by atoms with E-state index in [1.54, 1.807) is 30.3 Å². The maximum atomic E-state index is 11.9. The zero-order valence-corrected chi connectivity index (χ0v) is 13.4. The molecule has 7 nitrogen and oxygen atoms in total. The van der Waals surface area contributed by atoms with Crippen LogP contribution in [0.4, 0.5) is 5.69 Å². The molecule has 0 spiro atoms. The quantitative estimate of drug-likeness (QED) is 0.717. The fraction of sp³-hybridized carbons (Fsp3) is 0.222. The molecule has 0 saturated heterocycles. The van der Waals surface area contributed by atoms with Crippen molar-refractivity contribution >= 4 is 17.5 Å². The van der Waals surface area contributed by atoms with Crippen molar-refractivity contribution in [3.05, 3.63) is 54.1 Å². The largest absolute Gasteiger partial charge is 0.454 e. The Balaban J connectivity index is 1.46. The predicted octanol–water partition coefficient (Wildman–Crippen LogP) is 1.59. The first-order valence-electron chi connectivity index (χ1n) is 7.85. The van der Waals surface area contributed by atoms with Crippen molar-refractivity contribution in [1.29, 1.82) is 0 Å². The van der Waals surface area contributed by atoms with E-state index in [1.165, 1.54) is 0 Å². The van der Waals surface area contributed by atoms with Crippen LogP contribution in [0, 0.1) is 0 Å². The Morgan fingerprint density at radius 1 is 1.04 bits per heavy atom. The van der Waals surface area contributed by atoms with E-state index in [4.69, 9.17) is 9.47 Å². The van der Waals surface area contributed by atoms with Crippen LogP contribution in [0.25, 0.3) is 0 Å². The number of nitrogens with one attached hydrogen (secondary N) is 2. The topological polar surface area (TPSA) is 96.9 Å². The number of anilines is 1. The van der Waals surface area contributed by atoms with E-state index < -0.39 is 17.9 Å². The van der Waals surface area contributed by atoms with Crippen LogP contribution in [-0.4, -0.2) is 30.3 Å². The maximum Gasteiger partial charge on any atom is 0.313 e. The minimum absolute atomic E-state index is 0.136. The van der Waals surface area contributed by atoms with Gasteiger partial charge in [0, 0.05) is 18.3 Å². The first-order chi connectivity index (χ1) is 12.1. The molecule has 25 heavy (non-hydrogen) atoms. The molecule has 1 aliphatic rings. The minimum Gasteiger partial charge on any atom is -0.454 e. The smallest absolute Gasteiger partial charge is 0.313 e. The first-order valence-corrected chi connectivity index (χ1v) is 7.85. The second-order valence-corrected chi connectivity index (χ2v) is 5.49. The van der Waals surface area contributed by atoms with Crippen LogP contribution in [0.1, 0.15) is 18.1 Å². The Bertz CT molecular complexity index is 763. The lowest BCUT2D eigenvalue weighted by Crippen LogP contribution is -2.36. The third kappa shape index (κ3) is 4.27. The van der Waals surface area contributed by atoms with Crippen molar-refractivity contribution in [3.63, 3.8) is 0 Å². The summed E-state index contributed by atoms with van der Waals surface area (Å²) >= 11 is 0. The zero-order chi connectivity index (χ0) is 17.6. The molecule has 0 fully saturated rings. The number of aliphatic hydroxyl groups excluding tert-OH is 1. The molecule has 1 heterocycles. The molecular formula is C18H18N2O5. The summed E-state index contributed by atoms with van der Waals surface area (Å²) < 4.78 is 10.4. The highest BCUT2D eigenvalue weighted by Gasteiger charge is 2.17. The van der Waals surface area contributed by atoms with Crippen molar-refractivity contribution in [2.45, 2.75) is 12.5 Å². The molecular weight excluding hydrogens is 324 g/mol. The Kier molecular flexibility index (Phi) is 5.15. The van der Waals surface area contributed by atoms with E-state index in [2.05, 4.69) is 10.6 Å². The third-order valence-corrected chi connectivity index (χ3v) is 3.72. The second-order valence-electron chi connectivity index (χ2n) is 5.49. The Hall–Kier alpha value is -3.06. The number of hydrogen-bond acceptors (Lipinski definition) is 5. The highest BCUT2D eigenvalue weighted by atomic mass is 16.7. The maximum absolute atomic E-state index is 11.9. The number of amides is 2. The fourth-order valence-electron chi connectivity index (χ4n) is 2.41. The molecule has 3 rings (SSSR count). The van der Waals surface area contributed by atoms with Crippen LogP contribution >= 0.6 is 0 Å². The molecule has 7 heteroatoms. The van der Waals surface area contributed by atoms with E-state index >= 15 is 0 Å². The summed E-state index contributed by atoms with van der Waals surface area (Å²) in [6.45, 7) is 0.320. The molecule has 0 aromatic heterocycles. The lowest BCUT2D eigenvalue weighted by atomic mass is 10.1. The highest BCUT2D eigenvalue weighted by Crippen LogP contribution is 2.34. The average molecular weight is 342 g/mol. The van der Waals surface area contributed by atoms with Crippen molar-refractivity contribution in [2.24, 2.45) is 0 Å². The summed E-state index contributed by atoms with van der Waals surface area (Å²) in [5.41, 5.74) is 1.20. The van der Waals surface area contributed by atoms with E-state index in [9.17, 15) is 14.7 Å². The molecule has 1 unspecified atom stereocenters. The molecule has 2 amide bonds. The van der Waals surface area contributed by atoms with Gasteiger partial charge in [0.25, 0.3) is 0 Å². The van der Waals surface area contributed by atoms with Gasteiger partial charge < -0.3 is 25.2 Å². The minimum atomic E-state index is -0.784. The third-order valence-electron chi connectivity index (χ3n) is 3.72. The SMILES string of the molecule is O=C(NCCC(O)c1ccccc1)C(=O)Nc1ccc2c(c1)OCO2. The summed E-state index contributed by atoms with van der Waals surface area (Å²) in [7, 11) is 0. The molecule has 1 atom stereocenters. The number of aliphatic hydroxyl groups is 1. The van der Waals surface area contributed by atoms with Crippen LogP contribution in [0.15, 0.2) is 48.5 Å². The molecule has 130 valence electrons. The predicted molar refractivity (Wildman–Crippen MR) is 90.2 cm³/mol. The Morgan fingerprint density at radius 3 is 2.60 bits per heavy atom. The van der Waals surface area contributed by atoms with Gasteiger partial charge in [-0.3, -0.25) is 9.59 Å². The fourth-order valence-corrected chi connectivity index (χ4v) is 2.41. The second kappa shape index (κ2) is 7.67. The molecule has 0 bridgehead atoms. The number of hydrogen-bond donors (Lipinski definition) is 3.